The van der Waals surface area contributed by atoms with Crippen LogP contribution in [0.5, 0.6) is 0 Å². The number of amides is 1. The van der Waals surface area contributed by atoms with E-state index >= 15 is 0 Å². The van der Waals surface area contributed by atoms with Crippen molar-refractivity contribution in [3.05, 3.63) is 88.8 Å². The second-order valence-corrected chi connectivity index (χ2v) is 9.46. The summed E-state index contributed by atoms with van der Waals surface area (Å²) in [6.07, 6.45) is 1.58. The number of rotatable bonds is 4. The van der Waals surface area contributed by atoms with Crippen LogP contribution in [0.15, 0.2) is 80.9 Å². The molecule has 1 amide bonds. The topological polar surface area (TPSA) is 70.1 Å². The van der Waals surface area contributed by atoms with E-state index in [1.165, 1.54) is 11.8 Å². The fraction of sp³-hybridized carbons (Fsp3) is 0.192. The summed E-state index contributed by atoms with van der Waals surface area (Å²) < 4.78 is 5.95. The van der Waals surface area contributed by atoms with Crippen molar-refractivity contribution >= 4 is 40.4 Å². The zero-order valence-electron chi connectivity index (χ0n) is 17.7. The van der Waals surface area contributed by atoms with Gasteiger partial charge in [0, 0.05) is 33.8 Å². The number of hydrogen-bond acceptors (Lipinski definition) is 5. The van der Waals surface area contributed by atoms with Crippen molar-refractivity contribution in [2.24, 2.45) is 0 Å². The van der Waals surface area contributed by atoms with Crippen LogP contribution in [0.25, 0.3) is 11.1 Å². The largest absolute Gasteiger partial charge is 0.440 e. The summed E-state index contributed by atoms with van der Waals surface area (Å²) in [5, 5.41) is 10.0. The molecule has 0 saturated carbocycles. The smallest absolute Gasteiger partial charge is 0.255 e. The van der Waals surface area contributed by atoms with E-state index in [1.807, 2.05) is 59.5 Å². The van der Waals surface area contributed by atoms with Gasteiger partial charge in [0.05, 0.1) is 11.1 Å². The number of benzene rings is 3. The monoisotopic (exact) mass is 473 g/mol. The number of fused-ring (bicyclic) bond motifs is 1. The molecule has 0 bridgehead atoms. The van der Waals surface area contributed by atoms with E-state index in [9.17, 15) is 10.1 Å². The average molecular weight is 474 g/mol. The van der Waals surface area contributed by atoms with Gasteiger partial charge in [-0.05, 0) is 55.3 Å². The summed E-state index contributed by atoms with van der Waals surface area (Å²) in [6.45, 7) is 1.27. The molecule has 2 heterocycles. The molecule has 5 rings (SSSR count). The van der Waals surface area contributed by atoms with Gasteiger partial charge in [-0.3, -0.25) is 4.79 Å². The van der Waals surface area contributed by atoms with Crippen LogP contribution in [0.2, 0.25) is 5.02 Å². The molecule has 164 valence electrons. The maximum atomic E-state index is 13.4. The van der Waals surface area contributed by atoms with Crippen molar-refractivity contribution in [3.8, 4) is 6.07 Å². The van der Waals surface area contributed by atoms with E-state index < -0.39 is 0 Å². The Hall–Kier alpha value is -3.27. The van der Waals surface area contributed by atoms with Crippen molar-refractivity contribution < 1.29 is 9.21 Å². The average Bonchev–Trinajstić information content (AvgIpc) is 3.28. The predicted molar refractivity (Wildman–Crippen MR) is 129 cm³/mol. The first-order valence-corrected chi connectivity index (χ1v) is 11.9. The molecule has 33 heavy (non-hydrogen) atoms. The van der Waals surface area contributed by atoms with Crippen molar-refractivity contribution in [2.75, 3.05) is 13.1 Å². The molecule has 3 aromatic carbocycles. The van der Waals surface area contributed by atoms with E-state index in [0.29, 0.717) is 35.1 Å². The van der Waals surface area contributed by atoms with Crippen molar-refractivity contribution in [2.45, 2.75) is 28.6 Å². The van der Waals surface area contributed by atoms with E-state index in [4.69, 9.17) is 16.0 Å². The highest BCUT2D eigenvalue weighted by atomic mass is 35.5. The molecule has 0 aliphatic carbocycles. The number of likely N-dealkylation sites (tertiary alicyclic amines) is 1. The number of hydrogen-bond donors (Lipinski definition) is 0. The predicted octanol–water partition coefficient (Wildman–Crippen LogP) is 6.52. The number of aromatic nitrogens is 1. The van der Waals surface area contributed by atoms with E-state index in [0.717, 1.165) is 33.7 Å². The fourth-order valence-corrected chi connectivity index (χ4v) is 5.28. The Bertz CT molecular complexity index is 1370. The van der Waals surface area contributed by atoms with E-state index in [2.05, 4.69) is 11.1 Å². The van der Waals surface area contributed by atoms with Crippen molar-refractivity contribution in [1.29, 1.82) is 5.26 Å². The minimum Gasteiger partial charge on any atom is -0.440 e. The third kappa shape index (κ3) is 4.47. The van der Waals surface area contributed by atoms with Gasteiger partial charge in [0.25, 0.3) is 5.91 Å². The van der Waals surface area contributed by atoms with Gasteiger partial charge in [-0.1, -0.05) is 47.6 Å². The second-order valence-electron chi connectivity index (χ2n) is 7.94. The molecular weight excluding hydrogens is 454 g/mol. The van der Waals surface area contributed by atoms with Gasteiger partial charge in [0.15, 0.2) is 11.5 Å². The lowest BCUT2D eigenvalue weighted by molar-refractivity contribution is 0.0703. The summed E-state index contributed by atoms with van der Waals surface area (Å²) in [7, 11) is 0. The minimum atomic E-state index is 0.00957. The Morgan fingerprint density at radius 1 is 1.06 bits per heavy atom. The number of nitrogens with zero attached hydrogens (tertiary/aromatic N) is 3. The Morgan fingerprint density at radius 2 is 1.79 bits per heavy atom. The van der Waals surface area contributed by atoms with Gasteiger partial charge >= 0.3 is 0 Å². The number of carbonyl (C=O) groups is 1. The van der Waals surface area contributed by atoms with E-state index in [1.54, 1.807) is 12.1 Å². The molecule has 4 aromatic rings. The van der Waals surface area contributed by atoms with Crippen LogP contribution in [-0.4, -0.2) is 28.9 Å². The molecule has 0 radical (unpaired) electrons. The molecular formula is C26H20ClN3O2S. The molecule has 1 aromatic heterocycles. The number of halogens is 1. The second kappa shape index (κ2) is 9.30. The molecule has 0 atom stereocenters. The molecule has 0 spiro atoms. The van der Waals surface area contributed by atoms with Crippen LogP contribution in [-0.2, 0) is 0 Å². The van der Waals surface area contributed by atoms with Gasteiger partial charge < -0.3 is 9.32 Å². The first-order chi connectivity index (χ1) is 16.1. The Kier molecular flexibility index (Phi) is 6.08. The van der Waals surface area contributed by atoms with E-state index in [-0.39, 0.29) is 11.8 Å². The number of piperidine rings is 1. The summed E-state index contributed by atoms with van der Waals surface area (Å²) in [5.41, 5.74) is 2.76. The normalized spacial score (nSPS) is 14.4. The molecule has 1 fully saturated rings. The minimum absolute atomic E-state index is 0.00957. The van der Waals surface area contributed by atoms with Gasteiger partial charge in [-0.2, -0.15) is 5.26 Å². The Labute approximate surface area is 201 Å². The van der Waals surface area contributed by atoms with Crippen LogP contribution >= 0.6 is 23.4 Å². The summed E-state index contributed by atoms with van der Waals surface area (Å²) in [5.74, 6) is 0.895. The number of oxazole rings is 1. The highest BCUT2D eigenvalue weighted by Crippen LogP contribution is 2.35. The van der Waals surface area contributed by atoms with Gasteiger partial charge in [0.1, 0.15) is 11.6 Å². The summed E-state index contributed by atoms with van der Waals surface area (Å²) >= 11 is 7.52. The number of carbonyl (C=O) groups excluding carboxylic acids is 1. The lowest BCUT2D eigenvalue weighted by Gasteiger charge is -2.31. The van der Waals surface area contributed by atoms with Gasteiger partial charge in [0.2, 0.25) is 0 Å². The fourth-order valence-electron chi connectivity index (χ4n) is 4.09. The summed E-state index contributed by atoms with van der Waals surface area (Å²) in [6, 6.07) is 22.7. The van der Waals surface area contributed by atoms with Gasteiger partial charge in [-0.25, -0.2) is 4.98 Å². The zero-order valence-corrected chi connectivity index (χ0v) is 19.3. The Balaban J connectivity index is 1.30. The highest BCUT2D eigenvalue weighted by Gasteiger charge is 2.28. The van der Waals surface area contributed by atoms with Crippen LogP contribution in [0, 0.1) is 11.3 Å². The lowest BCUT2D eigenvalue weighted by atomic mass is 9.96. The zero-order chi connectivity index (χ0) is 22.8. The molecule has 5 nitrogen and oxygen atoms in total. The standard InChI is InChI=1S/C26H20ClN3O2S/c27-19-9-10-22-21(15-19)29-25(32-22)17-11-13-30(14-12-17)26(31)20-6-2-4-8-24(20)33-23-7-3-1-5-18(23)16-28/h1-10,15,17H,11-14H2. The van der Waals surface area contributed by atoms with Crippen LogP contribution in [0.1, 0.15) is 40.6 Å². The molecule has 1 aliphatic rings. The third-order valence-corrected chi connectivity index (χ3v) is 7.23. The first kappa shape index (κ1) is 21.6. The summed E-state index contributed by atoms with van der Waals surface area (Å²) in [4.78, 5) is 21.6. The maximum absolute atomic E-state index is 13.4. The highest BCUT2D eigenvalue weighted by molar-refractivity contribution is 7.99. The van der Waals surface area contributed by atoms with Crippen LogP contribution in [0.3, 0.4) is 0 Å². The maximum Gasteiger partial charge on any atom is 0.255 e. The van der Waals surface area contributed by atoms with Crippen LogP contribution in [0.4, 0.5) is 0 Å². The quantitative estimate of drug-likeness (QED) is 0.337. The number of nitriles is 1. The lowest BCUT2D eigenvalue weighted by Crippen LogP contribution is -2.38. The molecule has 0 unspecified atom stereocenters. The third-order valence-electron chi connectivity index (χ3n) is 5.84. The SMILES string of the molecule is N#Cc1ccccc1Sc1ccccc1C(=O)N1CCC(c2nc3cc(Cl)ccc3o2)CC1. The molecule has 0 N–H and O–H groups in total. The first-order valence-electron chi connectivity index (χ1n) is 10.7. The van der Waals surface area contributed by atoms with Crippen molar-refractivity contribution in [1.82, 2.24) is 9.88 Å². The molecule has 1 aliphatic heterocycles. The van der Waals surface area contributed by atoms with Crippen LogP contribution < -0.4 is 0 Å². The molecule has 7 heteroatoms. The Morgan fingerprint density at radius 3 is 2.58 bits per heavy atom. The van der Waals surface area contributed by atoms with Gasteiger partial charge in [-0.15, -0.1) is 0 Å². The molecule has 1 saturated heterocycles. The van der Waals surface area contributed by atoms with Crippen molar-refractivity contribution in [3.63, 3.8) is 0 Å².